The van der Waals surface area contributed by atoms with Crippen molar-refractivity contribution in [3.63, 3.8) is 0 Å². The number of nitrogens with two attached hydrogens (primary N) is 1. The van der Waals surface area contributed by atoms with Crippen molar-refractivity contribution in [2.24, 2.45) is 5.84 Å². The van der Waals surface area contributed by atoms with Crippen LogP contribution in [-0.2, 0) is 0 Å². The van der Waals surface area contributed by atoms with Crippen molar-refractivity contribution in [1.82, 2.24) is 4.98 Å². The van der Waals surface area contributed by atoms with Crippen LogP contribution in [0, 0.1) is 11.6 Å². The molecule has 1 aromatic rings. The van der Waals surface area contributed by atoms with Gasteiger partial charge in [-0.2, -0.15) is 11.8 Å². The van der Waals surface area contributed by atoms with E-state index in [0.29, 0.717) is 6.54 Å². The standard InChI is InChI=1S/C9H14F2N4S/c1-15(3-4-16-2)9-7(11)5-6(10)8(13-9)14-12/h5H,3-4,12H2,1-2H3,(H,13,14). The summed E-state index contributed by atoms with van der Waals surface area (Å²) in [5.74, 6) is 4.33. The minimum absolute atomic E-state index is 0.0865. The number of nitrogens with zero attached hydrogens (tertiary/aromatic N) is 2. The molecular formula is C9H14F2N4S. The molecular weight excluding hydrogens is 234 g/mol. The number of pyridine rings is 1. The fourth-order valence-electron chi connectivity index (χ4n) is 1.16. The molecule has 0 atom stereocenters. The van der Waals surface area contributed by atoms with E-state index in [4.69, 9.17) is 5.84 Å². The Balaban J connectivity index is 2.94. The van der Waals surface area contributed by atoms with Gasteiger partial charge in [0.1, 0.15) is 0 Å². The van der Waals surface area contributed by atoms with Crippen LogP contribution in [0.15, 0.2) is 6.07 Å². The van der Waals surface area contributed by atoms with Gasteiger partial charge in [-0.1, -0.05) is 0 Å². The van der Waals surface area contributed by atoms with E-state index in [0.717, 1.165) is 11.8 Å². The summed E-state index contributed by atoms with van der Waals surface area (Å²) < 4.78 is 26.5. The molecule has 4 nitrogen and oxygen atoms in total. The van der Waals surface area contributed by atoms with E-state index in [9.17, 15) is 8.78 Å². The number of nitrogens with one attached hydrogen (secondary N) is 1. The Morgan fingerprint density at radius 2 is 2.19 bits per heavy atom. The van der Waals surface area contributed by atoms with Crippen LogP contribution >= 0.6 is 11.8 Å². The normalized spacial score (nSPS) is 10.3. The molecule has 1 heterocycles. The average molecular weight is 248 g/mol. The Bertz CT molecular complexity index is 362. The molecule has 0 spiro atoms. The molecule has 16 heavy (non-hydrogen) atoms. The zero-order valence-electron chi connectivity index (χ0n) is 9.13. The molecule has 0 saturated carbocycles. The summed E-state index contributed by atoms with van der Waals surface area (Å²) in [5, 5.41) is 0. The molecule has 3 N–H and O–H groups in total. The van der Waals surface area contributed by atoms with Gasteiger partial charge in [0, 0.05) is 25.4 Å². The van der Waals surface area contributed by atoms with Gasteiger partial charge >= 0.3 is 0 Å². The summed E-state index contributed by atoms with van der Waals surface area (Å²) in [7, 11) is 1.69. The predicted octanol–water partition coefficient (Wildman–Crippen LogP) is 1.44. The highest BCUT2D eigenvalue weighted by molar-refractivity contribution is 7.98. The zero-order valence-corrected chi connectivity index (χ0v) is 9.94. The fourth-order valence-corrected chi connectivity index (χ4v) is 1.62. The van der Waals surface area contributed by atoms with E-state index < -0.39 is 11.6 Å². The lowest BCUT2D eigenvalue weighted by Crippen LogP contribution is -2.24. The van der Waals surface area contributed by atoms with Gasteiger partial charge in [-0.15, -0.1) is 0 Å². The van der Waals surface area contributed by atoms with Gasteiger partial charge in [0.15, 0.2) is 23.3 Å². The number of aromatic nitrogens is 1. The third-order valence-corrected chi connectivity index (χ3v) is 2.63. The number of hydrogen-bond donors (Lipinski definition) is 2. The highest BCUT2D eigenvalue weighted by atomic mass is 32.2. The lowest BCUT2D eigenvalue weighted by molar-refractivity contribution is 0.573. The molecule has 7 heteroatoms. The van der Waals surface area contributed by atoms with Crippen LogP contribution in [0.4, 0.5) is 20.4 Å². The van der Waals surface area contributed by atoms with E-state index >= 15 is 0 Å². The summed E-state index contributed by atoms with van der Waals surface area (Å²) in [6, 6.07) is 0.771. The number of nitrogen functional groups attached to an aromatic ring is 1. The van der Waals surface area contributed by atoms with Crippen molar-refractivity contribution < 1.29 is 8.78 Å². The van der Waals surface area contributed by atoms with Crippen molar-refractivity contribution in [3.8, 4) is 0 Å². The Labute approximate surface area is 97.2 Å². The summed E-state index contributed by atoms with van der Waals surface area (Å²) in [6.07, 6.45) is 1.95. The van der Waals surface area contributed by atoms with Crippen LogP contribution in [0.25, 0.3) is 0 Å². The Kier molecular flexibility index (Phi) is 4.75. The number of rotatable bonds is 5. The molecule has 0 aliphatic carbocycles. The second-order valence-corrected chi connectivity index (χ2v) is 4.17. The molecule has 0 amide bonds. The van der Waals surface area contributed by atoms with Crippen LogP contribution in [0.2, 0.25) is 0 Å². The van der Waals surface area contributed by atoms with Gasteiger partial charge < -0.3 is 10.3 Å². The number of anilines is 2. The first kappa shape index (κ1) is 13.0. The maximum atomic E-state index is 13.4. The molecule has 0 bridgehead atoms. The smallest absolute Gasteiger partial charge is 0.178 e. The first-order valence-corrected chi connectivity index (χ1v) is 6.02. The van der Waals surface area contributed by atoms with E-state index in [1.165, 1.54) is 0 Å². The quantitative estimate of drug-likeness (QED) is 0.610. The van der Waals surface area contributed by atoms with Gasteiger partial charge in [0.05, 0.1) is 0 Å². The lowest BCUT2D eigenvalue weighted by atomic mass is 10.4. The van der Waals surface area contributed by atoms with Crippen molar-refractivity contribution in [2.75, 3.05) is 35.9 Å². The molecule has 1 rings (SSSR count). The van der Waals surface area contributed by atoms with Gasteiger partial charge in [-0.25, -0.2) is 19.6 Å². The number of halogens is 2. The average Bonchev–Trinajstić information content (AvgIpc) is 2.26. The number of hydrogen-bond acceptors (Lipinski definition) is 5. The van der Waals surface area contributed by atoms with Crippen molar-refractivity contribution in [3.05, 3.63) is 17.7 Å². The fraction of sp³-hybridized carbons (Fsp3) is 0.444. The minimum Gasteiger partial charge on any atom is -0.356 e. The van der Waals surface area contributed by atoms with E-state index in [2.05, 4.69) is 10.4 Å². The maximum Gasteiger partial charge on any atom is 0.178 e. The zero-order chi connectivity index (χ0) is 12.1. The van der Waals surface area contributed by atoms with Gasteiger partial charge in [-0.05, 0) is 6.26 Å². The SMILES string of the molecule is CSCCN(C)c1nc(NN)c(F)cc1F. The van der Waals surface area contributed by atoms with Crippen LogP contribution in [0.1, 0.15) is 0 Å². The monoisotopic (exact) mass is 248 g/mol. The second-order valence-electron chi connectivity index (χ2n) is 3.18. The third kappa shape index (κ3) is 2.96. The van der Waals surface area contributed by atoms with Crippen LogP contribution < -0.4 is 16.2 Å². The van der Waals surface area contributed by atoms with E-state index in [1.807, 2.05) is 6.26 Å². The minimum atomic E-state index is -0.804. The molecule has 0 radical (unpaired) electrons. The van der Waals surface area contributed by atoms with Gasteiger partial charge in [0.2, 0.25) is 0 Å². The molecule has 0 aliphatic heterocycles. The Morgan fingerprint density at radius 1 is 1.50 bits per heavy atom. The van der Waals surface area contributed by atoms with E-state index in [-0.39, 0.29) is 11.6 Å². The largest absolute Gasteiger partial charge is 0.356 e. The lowest BCUT2D eigenvalue weighted by Gasteiger charge is -2.18. The molecule has 90 valence electrons. The van der Waals surface area contributed by atoms with Crippen molar-refractivity contribution >= 4 is 23.4 Å². The highest BCUT2D eigenvalue weighted by Gasteiger charge is 2.14. The van der Waals surface area contributed by atoms with E-state index in [1.54, 1.807) is 23.7 Å². The maximum absolute atomic E-state index is 13.4. The summed E-state index contributed by atoms with van der Waals surface area (Å²) in [4.78, 5) is 5.39. The predicted molar refractivity (Wildman–Crippen MR) is 63.6 cm³/mol. The first-order chi connectivity index (χ1) is 7.60. The van der Waals surface area contributed by atoms with Crippen LogP contribution in [0.5, 0.6) is 0 Å². The Morgan fingerprint density at radius 3 is 2.75 bits per heavy atom. The molecule has 0 aliphatic rings. The van der Waals surface area contributed by atoms with Crippen LogP contribution in [-0.4, -0.2) is 30.6 Å². The third-order valence-electron chi connectivity index (χ3n) is 2.04. The second kappa shape index (κ2) is 5.86. The summed E-state index contributed by atoms with van der Waals surface area (Å²) >= 11 is 1.64. The molecule has 0 saturated heterocycles. The van der Waals surface area contributed by atoms with Crippen molar-refractivity contribution in [2.45, 2.75) is 0 Å². The number of hydrazine groups is 1. The van der Waals surface area contributed by atoms with Gasteiger partial charge in [0.25, 0.3) is 0 Å². The number of thioether (sulfide) groups is 1. The Hall–Kier alpha value is -1.08. The van der Waals surface area contributed by atoms with Crippen LogP contribution in [0.3, 0.4) is 0 Å². The molecule has 0 unspecified atom stereocenters. The summed E-state index contributed by atoms with van der Waals surface area (Å²) in [6.45, 7) is 0.626. The molecule has 0 fully saturated rings. The van der Waals surface area contributed by atoms with Gasteiger partial charge in [-0.3, -0.25) is 0 Å². The topological polar surface area (TPSA) is 54.2 Å². The highest BCUT2D eigenvalue weighted by Crippen LogP contribution is 2.20. The summed E-state index contributed by atoms with van der Waals surface area (Å²) in [5.41, 5.74) is 2.09. The first-order valence-electron chi connectivity index (χ1n) is 4.63. The van der Waals surface area contributed by atoms with Crippen molar-refractivity contribution in [1.29, 1.82) is 0 Å². The molecule has 1 aromatic heterocycles. The molecule has 0 aromatic carbocycles.